The average molecular weight is 294 g/mol. The van der Waals surface area contributed by atoms with Crippen molar-refractivity contribution in [1.29, 1.82) is 0 Å². The maximum absolute atomic E-state index is 14.4. The minimum atomic E-state index is -0.133. The maximum atomic E-state index is 14.4. The van der Waals surface area contributed by atoms with Gasteiger partial charge in [-0.25, -0.2) is 4.39 Å². The summed E-state index contributed by atoms with van der Waals surface area (Å²) < 4.78 is 19.6. The second-order valence-electron chi connectivity index (χ2n) is 6.81. The summed E-state index contributed by atoms with van der Waals surface area (Å²) >= 11 is 0. The van der Waals surface area contributed by atoms with E-state index in [4.69, 9.17) is 4.74 Å². The fourth-order valence-electron chi connectivity index (χ4n) is 2.34. The van der Waals surface area contributed by atoms with Gasteiger partial charge in [0.15, 0.2) is 0 Å². The number of hydrogen-bond donors (Lipinski definition) is 1. The molecule has 0 heterocycles. The smallest absolute Gasteiger partial charge is 0.146 e. The molecule has 0 spiro atoms. The molecule has 0 bridgehead atoms. The summed E-state index contributed by atoms with van der Waals surface area (Å²) in [4.78, 5) is 2.14. The van der Waals surface area contributed by atoms with Crippen LogP contribution in [0.3, 0.4) is 0 Å². The van der Waals surface area contributed by atoms with Crippen molar-refractivity contribution in [3.8, 4) is 0 Å². The Bertz CT molecular complexity index is 466. The molecular weight excluding hydrogens is 267 g/mol. The number of nitrogens with one attached hydrogen (secondary N) is 1. The number of anilines is 1. The van der Waals surface area contributed by atoms with Gasteiger partial charge in [-0.3, -0.25) is 0 Å². The van der Waals surface area contributed by atoms with E-state index < -0.39 is 0 Å². The van der Waals surface area contributed by atoms with Crippen LogP contribution in [-0.4, -0.2) is 31.8 Å². The Hall–Kier alpha value is -1.13. The summed E-state index contributed by atoms with van der Waals surface area (Å²) in [5.74, 6) is -0.133. The lowest BCUT2D eigenvalue weighted by Gasteiger charge is -2.25. The van der Waals surface area contributed by atoms with Gasteiger partial charge in [-0.05, 0) is 51.3 Å². The fraction of sp³-hybridized carbons (Fsp3) is 0.647. The summed E-state index contributed by atoms with van der Waals surface area (Å²) in [7, 11) is 1.68. The van der Waals surface area contributed by atoms with Crippen LogP contribution in [-0.2, 0) is 11.3 Å². The van der Waals surface area contributed by atoms with Crippen LogP contribution in [0.15, 0.2) is 18.2 Å². The number of hydrogen-bond acceptors (Lipinski definition) is 3. The lowest BCUT2D eigenvalue weighted by Crippen LogP contribution is -2.35. The van der Waals surface area contributed by atoms with Gasteiger partial charge in [-0.1, -0.05) is 6.07 Å². The highest BCUT2D eigenvalue weighted by molar-refractivity contribution is 5.51. The summed E-state index contributed by atoms with van der Waals surface area (Å²) in [6, 6.07) is 6.05. The third-order valence-electron chi connectivity index (χ3n) is 3.67. The van der Waals surface area contributed by atoms with Crippen molar-refractivity contribution in [2.75, 3.05) is 25.2 Å². The monoisotopic (exact) mass is 294 g/mol. The molecule has 1 aromatic carbocycles. The van der Waals surface area contributed by atoms with E-state index in [1.165, 1.54) is 0 Å². The topological polar surface area (TPSA) is 24.5 Å². The fourth-order valence-corrected chi connectivity index (χ4v) is 2.34. The van der Waals surface area contributed by atoms with E-state index in [2.05, 4.69) is 31.0 Å². The Morgan fingerprint density at radius 1 is 1.33 bits per heavy atom. The van der Waals surface area contributed by atoms with Crippen LogP contribution in [0.4, 0.5) is 10.1 Å². The van der Waals surface area contributed by atoms with Gasteiger partial charge in [0.2, 0.25) is 0 Å². The van der Waals surface area contributed by atoms with Crippen molar-refractivity contribution >= 4 is 5.69 Å². The minimum absolute atomic E-state index is 0.0354. The Morgan fingerprint density at radius 3 is 2.57 bits per heavy atom. The van der Waals surface area contributed by atoms with Crippen molar-refractivity contribution in [2.45, 2.75) is 51.7 Å². The molecule has 2 rings (SSSR count). The van der Waals surface area contributed by atoms with Gasteiger partial charge in [0.1, 0.15) is 5.82 Å². The number of ether oxygens (including phenoxy) is 1. The van der Waals surface area contributed by atoms with E-state index in [0.717, 1.165) is 24.9 Å². The van der Waals surface area contributed by atoms with Gasteiger partial charge in [0.05, 0.1) is 12.3 Å². The molecule has 0 atom stereocenters. The lowest BCUT2D eigenvalue weighted by atomic mass is 10.1. The first kappa shape index (κ1) is 16.2. The molecule has 0 radical (unpaired) electrons. The molecule has 0 aliphatic heterocycles. The van der Waals surface area contributed by atoms with Gasteiger partial charge in [0, 0.05) is 31.8 Å². The first-order valence-electron chi connectivity index (χ1n) is 7.70. The van der Waals surface area contributed by atoms with E-state index in [-0.39, 0.29) is 11.4 Å². The van der Waals surface area contributed by atoms with Gasteiger partial charge >= 0.3 is 0 Å². The lowest BCUT2D eigenvalue weighted by molar-refractivity contribution is 0.204. The Labute approximate surface area is 127 Å². The molecule has 118 valence electrons. The Balaban J connectivity index is 2.06. The van der Waals surface area contributed by atoms with Crippen molar-refractivity contribution in [3.05, 3.63) is 29.6 Å². The second kappa shape index (κ2) is 6.75. The van der Waals surface area contributed by atoms with Crippen LogP contribution in [0.25, 0.3) is 0 Å². The molecule has 4 heteroatoms. The first-order valence-corrected chi connectivity index (χ1v) is 7.70. The normalized spacial score (nSPS) is 15.3. The molecule has 1 aliphatic rings. The zero-order valence-electron chi connectivity index (χ0n) is 13.6. The molecule has 0 unspecified atom stereocenters. The minimum Gasteiger partial charge on any atom is -0.383 e. The molecule has 0 saturated heterocycles. The third kappa shape index (κ3) is 4.97. The van der Waals surface area contributed by atoms with E-state index in [0.29, 0.717) is 24.9 Å². The predicted molar refractivity (Wildman–Crippen MR) is 85.2 cm³/mol. The van der Waals surface area contributed by atoms with Crippen LogP contribution < -0.4 is 10.2 Å². The van der Waals surface area contributed by atoms with Crippen LogP contribution in [0.5, 0.6) is 0 Å². The molecule has 1 fully saturated rings. The highest BCUT2D eigenvalue weighted by atomic mass is 19.1. The largest absolute Gasteiger partial charge is 0.383 e. The Kier molecular flexibility index (Phi) is 5.22. The van der Waals surface area contributed by atoms with Crippen molar-refractivity contribution in [2.24, 2.45) is 0 Å². The maximum Gasteiger partial charge on any atom is 0.146 e. The zero-order chi connectivity index (χ0) is 15.5. The molecule has 3 nitrogen and oxygen atoms in total. The van der Waals surface area contributed by atoms with Crippen molar-refractivity contribution in [1.82, 2.24) is 5.32 Å². The number of benzene rings is 1. The molecular formula is C17H27FN2O. The number of halogens is 1. The third-order valence-corrected chi connectivity index (χ3v) is 3.67. The molecule has 1 saturated carbocycles. The summed E-state index contributed by atoms with van der Waals surface area (Å²) in [5.41, 5.74) is 1.72. The van der Waals surface area contributed by atoms with E-state index in [1.54, 1.807) is 13.2 Å². The highest BCUT2D eigenvalue weighted by Gasteiger charge is 2.30. The Morgan fingerprint density at radius 2 is 2.05 bits per heavy atom. The molecule has 1 aromatic rings. The van der Waals surface area contributed by atoms with Crippen molar-refractivity contribution < 1.29 is 9.13 Å². The molecule has 0 aromatic heterocycles. The van der Waals surface area contributed by atoms with Crippen LogP contribution in [0.2, 0.25) is 0 Å². The number of methoxy groups -OCH3 is 1. The second-order valence-corrected chi connectivity index (χ2v) is 6.81. The van der Waals surface area contributed by atoms with Crippen LogP contribution in [0, 0.1) is 5.82 Å². The summed E-state index contributed by atoms with van der Waals surface area (Å²) in [6.07, 6.45) is 2.30. The van der Waals surface area contributed by atoms with E-state index in [1.807, 2.05) is 12.1 Å². The van der Waals surface area contributed by atoms with E-state index >= 15 is 0 Å². The summed E-state index contributed by atoms with van der Waals surface area (Å²) in [6.45, 7) is 8.38. The van der Waals surface area contributed by atoms with Gasteiger partial charge < -0.3 is 15.0 Å². The van der Waals surface area contributed by atoms with Gasteiger partial charge in [-0.15, -0.1) is 0 Å². The zero-order valence-corrected chi connectivity index (χ0v) is 13.6. The molecule has 0 amide bonds. The molecule has 1 aliphatic carbocycles. The van der Waals surface area contributed by atoms with Crippen molar-refractivity contribution in [3.63, 3.8) is 0 Å². The number of nitrogens with zero attached hydrogens (tertiary/aromatic N) is 1. The quantitative estimate of drug-likeness (QED) is 0.835. The van der Waals surface area contributed by atoms with Gasteiger partial charge in [-0.2, -0.15) is 0 Å². The van der Waals surface area contributed by atoms with Gasteiger partial charge in [0.25, 0.3) is 0 Å². The molecule has 21 heavy (non-hydrogen) atoms. The molecule has 1 N–H and O–H groups in total. The first-order chi connectivity index (χ1) is 9.90. The van der Waals surface area contributed by atoms with E-state index in [9.17, 15) is 4.39 Å². The van der Waals surface area contributed by atoms with Crippen LogP contribution in [0.1, 0.15) is 39.2 Å². The highest BCUT2D eigenvalue weighted by Crippen LogP contribution is 2.33. The standard InChI is InChI=1S/C17H27FN2O/c1-17(2,3)19-12-13-5-8-16(15(18)11-13)20(9-10-21-4)14-6-7-14/h5,8,11,14,19H,6-7,9-10,12H2,1-4H3. The summed E-state index contributed by atoms with van der Waals surface area (Å²) in [5, 5.41) is 3.38. The SMILES string of the molecule is COCCN(c1ccc(CNC(C)(C)C)cc1F)C1CC1. The number of rotatable bonds is 7. The van der Waals surface area contributed by atoms with Crippen LogP contribution >= 0.6 is 0 Å². The predicted octanol–water partition coefficient (Wildman–Crippen LogP) is 3.33. The average Bonchev–Trinajstić information content (AvgIpc) is 3.22.